The van der Waals surface area contributed by atoms with E-state index in [1.54, 1.807) is 0 Å². The van der Waals surface area contributed by atoms with E-state index in [1.165, 1.54) is 19.3 Å². The van der Waals surface area contributed by atoms with E-state index in [-0.39, 0.29) is 5.54 Å². The van der Waals surface area contributed by atoms with Crippen molar-refractivity contribution in [3.8, 4) is 0 Å². The van der Waals surface area contributed by atoms with Gasteiger partial charge in [0.2, 0.25) is 0 Å². The van der Waals surface area contributed by atoms with Crippen LogP contribution < -0.4 is 11.1 Å². The molecule has 1 saturated carbocycles. The second kappa shape index (κ2) is 3.35. The third kappa shape index (κ3) is 4.07. The summed E-state index contributed by atoms with van der Waals surface area (Å²) < 4.78 is 0. The molecular weight excluding hydrogens is 148 g/mol. The molecule has 2 nitrogen and oxygen atoms in total. The van der Waals surface area contributed by atoms with Gasteiger partial charge in [0.1, 0.15) is 0 Å². The topological polar surface area (TPSA) is 38.0 Å². The first-order valence-electron chi connectivity index (χ1n) is 4.95. The van der Waals surface area contributed by atoms with E-state index in [0.29, 0.717) is 5.54 Å². The highest BCUT2D eigenvalue weighted by molar-refractivity contribution is 4.97. The molecule has 0 amide bonds. The van der Waals surface area contributed by atoms with Gasteiger partial charge in [-0.05, 0) is 53.0 Å². The highest BCUT2D eigenvalue weighted by Crippen LogP contribution is 2.34. The predicted molar refractivity (Wildman–Crippen MR) is 53.1 cm³/mol. The van der Waals surface area contributed by atoms with E-state index in [2.05, 4.69) is 26.1 Å². The molecule has 0 bridgehead atoms. The molecule has 0 aromatic carbocycles. The zero-order valence-electron chi connectivity index (χ0n) is 8.61. The lowest BCUT2D eigenvalue weighted by molar-refractivity contribution is 0.431. The lowest BCUT2D eigenvalue weighted by Gasteiger charge is -2.19. The van der Waals surface area contributed by atoms with Crippen molar-refractivity contribution in [3.63, 3.8) is 0 Å². The Morgan fingerprint density at radius 3 is 2.42 bits per heavy atom. The van der Waals surface area contributed by atoms with E-state index in [4.69, 9.17) is 5.73 Å². The lowest BCUT2D eigenvalue weighted by Crippen LogP contribution is -2.34. The number of nitrogens with one attached hydrogen (secondary N) is 1. The molecule has 0 unspecified atom stereocenters. The Balaban J connectivity index is 1.96. The summed E-state index contributed by atoms with van der Waals surface area (Å²) in [5.74, 6) is 0. The molecule has 72 valence electrons. The largest absolute Gasteiger partial charge is 0.326 e. The van der Waals surface area contributed by atoms with Crippen LogP contribution in [0, 0.1) is 0 Å². The van der Waals surface area contributed by atoms with Gasteiger partial charge in [0.05, 0.1) is 0 Å². The summed E-state index contributed by atoms with van der Waals surface area (Å²) in [5.41, 5.74) is 6.36. The molecule has 0 saturated heterocycles. The van der Waals surface area contributed by atoms with Crippen LogP contribution in [0.5, 0.6) is 0 Å². The Bertz CT molecular complexity index is 135. The van der Waals surface area contributed by atoms with E-state index < -0.39 is 0 Å². The summed E-state index contributed by atoms with van der Waals surface area (Å²) in [5, 5.41) is 3.55. The molecule has 1 fully saturated rings. The van der Waals surface area contributed by atoms with Gasteiger partial charge in [0, 0.05) is 11.1 Å². The summed E-state index contributed by atoms with van der Waals surface area (Å²) in [6.07, 6.45) is 4.99. The summed E-state index contributed by atoms with van der Waals surface area (Å²) in [7, 11) is 0. The molecule has 0 aromatic heterocycles. The average molecular weight is 170 g/mol. The van der Waals surface area contributed by atoms with Crippen molar-refractivity contribution in [2.75, 3.05) is 6.54 Å². The highest BCUT2D eigenvalue weighted by Gasteiger charge is 2.36. The van der Waals surface area contributed by atoms with Gasteiger partial charge in [-0.15, -0.1) is 0 Å². The second-order valence-corrected chi connectivity index (χ2v) is 5.08. The van der Waals surface area contributed by atoms with Gasteiger partial charge in [-0.3, -0.25) is 0 Å². The van der Waals surface area contributed by atoms with Crippen LogP contribution in [-0.2, 0) is 0 Å². The van der Waals surface area contributed by atoms with Gasteiger partial charge >= 0.3 is 0 Å². The number of rotatable bonds is 5. The smallest absolute Gasteiger partial charge is 0.0154 e. The van der Waals surface area contributed by atoms with Crippen molar-refractivity contribution in [2.24, 2.45) is 5.73 Å². The first-order chi connectivity index (χ1) is 5.41. The second-order valence-electron chi connectivity index (χ2n) is 5.08. The fraction of sp³-hybridized carbons (Fsp3) is 1.00. The molecule has 0 aromatic rings. The highest BCUT2D eigenvalue weighted by atomic mass is 15.0. The molecular formula is C10H22N2. The number of nitrogens with two attached hydrogens (primary N) is 1. The number of hydrogen-bond donors (Lipinski definition) is 2. The Labute approximate surface area is 75.9 Å². The molecule has 1 rings (SSSR count). The maximum absolute atomic E-state index is 5.87. The molecule has 12 heavy (non-hydrogen) atoms. The van der Waals surface area contributed by atoms with Crippen molar-refractivity contribution in [1.29, 1.82) is 0 Å². The van der Waals surface area contributed by atoms with Crippen LogP contribution >= 0.6 is 0 Å². The molecule has 1 aliphatic rings. The van der Waals surface area contributed by atoms with E-state index in [9.17, 15) is 0 Å². The SMILES string of the molecule is CC(C)(N)CCCNC1(C)CC1. The Hall–Kier alpha value is -0.0800. The maximum atomic E-state index is 5.87. The molecule has 1 aliphatic carbocycles. The molecule has 0 spiro atoms. The first-order valence-corrected chi connectivity index (χ1v) is 4.95. The summed E-state index contributed by atoms with van der Waals surface area (Å²) >= 11 is 0. The molecule has 2 heteroatoms. The van der Waals surface area contributed by atoms with Crippen LogP contribution in [0.25, 0.3) is 0 Å². The van der Waals surface area contributed by atoms with Crippen molar-refractivity contribution in [1.82, 2.24) is 5.32 Å². The fourth-order valence-corrected chi connectivity index (χ4v) is 1.30. The zero-order valence-corrected chi connectivity index (χ0v) is 8.61. The number of hydrogen-bond acceptors (Lipinski definition) is 2. The minimum atomic E-state index is 0.00609. The minimum Gasteiger partial charge on any atom is -0.326 e. The van der Waals surface area contributed by atoms with Gasteiger partial charge in [-0.2, -0.15) is 0 Å². The fourth-order valence-electron chi connectivity index (χ4n) is 1.30. The molecule has 0 heterocycles. The van der Waals surface area contributed by atoms with E-state index in [1.807, 2.05) is 0 Å². The molecule has 0 atom stereocenters. The van der Waals surface area contributed by atoms with E-state index in [0.717, 1.165) is 13.0 Å². The Kier molecular flexibility index (Phi) is 2.79. The van der Waals surface area contributed by atoms with Gasteiger partial charge in [0.25, 0.3) is 0 Å². The molecule has 0 aliphatic heterocycles. The van der Waals surface area contributed by atoms with Crippen LogP contribution in [0.3, 0.4) is 0 Å². The Morgan fingerprint density at radius 2 is 2.00 bits per heavy atom. The summed E-state index contributed by atoms with van der Waals surface area (Å²) in [6.45, 7) is 7.59. The first kappa shape index (κ1) is 10.0. The third-order valence-electron chi connectivity index (χ3n) is 2.55. The lowest BCUT2D eigenvalue weighted by atomic mass is 10.0. The zero-order chi connectivity index (χ0) is 9.24. The van der Waals surface area contributed by atoms with Crippen molar-refractivity contribution in [2.45, 2.75) is 57.5 Å². The summed E-state index contributed by atoms with van der Waals surface area (Å²) in [6, 6.07) is 0. The van der Waals surface area contributed by atoms with Crippen molar-refractivity contribution in [3.05, 3.63) is 0 Å². The van der Waals surface area contributed by atoms with Crippen LogP contribution in [0.15, 0.2) is 0 Å². The normalized spacial score (nSPS) is 21.0. The van der Waals surface area contributed by atoms with Crippen LogP contribution in [0.1, 0.15) is 46.5 Å². The standard InChI is InChI=1S/C10H22N2/c1-9(2,11)5-4-8-12-10(3)6-7-10/h12H,4-8,11H2,1-3H3. The molecule has 3 N–H and O–H groups in total. The Morgan fingerprint density at radius 1 is 1.42 bits per heavy atom. The van der Waals surface area contributed by atoms with Gasteiger partial charge in [-0.25, -0.2) is 0 Å². The van der Waals surface area contributed by atoms with Gasteiger partial charge < -0.3 is 11.1 Å². The van der Waals surface area contributed by atoms with Crippen molar-refractivity contribution < 1.29 is 0 Å². The van der Waals surface area contributed by atoms with Gasteiger partial charge in [0.15, 0.2) is 0 Å². The quantitative estimate of drug-likeness (QED) is 0.616. The van der Waals surface area contributed by atoms with Crippen LogP contribution in [0.4, 0.5) is 0 Å². The predicted octanol–water partition coefficient (Wildman–Crippen LogP) is 1.65. The minimum absolute atomic E-state index is 0.00609. The maximum Gasteiger partial charge on any atom is 0.0154 e. The molecule has 0 radical (unpaired) electrons. The van der Waals surface area contributed by atoms with Crippen LogP contribution in [-0.4, -0.2) is 17.6 Å². The van der Waals surface area contributed by atoms with E-state index >= 15 is 0 Å². The van der Waals surface area contributed by atoms with Crippen molar-refractivity contribution >= 4 is 0 Å². The monoisotopic (exact) mass is 170 g/mol. The third-order valence-corrected chi connectivity index (χ3v) is 2.55. The average Bonchev–Trinajstić information content (AvgIpc) is 2.60. The van der Waals surface area contributed by atoms with Crippen LogP contribution in [0.2, 0.25) is 0 Å². The van der Waals surface area contributed by atoms with Gasteiger partial charge in [-0.1, -0.05) is 0 Å². The summed E-state index contributed by atoms with van der Waals surface area (Å²) in [4.78, 5) is 0.